The van der Waals surface area contributed by atoms with Gasteiger partial charge in [0.25, 0.3) is 6.43 Å². The van der Waals surface area contributed by atoms with Crippen molar-refractivity contribution in [1.82, 2.24) is 0 Å². The van der Waals surface area contributed by atoms with Crippen LogP contribution in [0.4, 0.5) is 26.3 Å². The minimum absolute atomic E-state index is 2.10. The summed E-state index contributed by atoms with van der Waals surface area (Å²) in [6, 6.07) is 0. The summed E-state index contributed by atoms with van der Waals surface area (Å²) in [5.41, 5.74) is 0. The molecule has 0 aliphatic carbocycles. The molecule has 8 heteroatoms. The number of alkyl halides is 6. The van der Waals surface area contributed by atoms with Crippen molar-refractivity contribution in [3.8, 4) is 0 Å². The lowest BCUT2D eigenvalue weighted by Gasteiger charge is -2.17. The van der Waals surface area contributed by atoms with Crippen molar-refractivity contribution in [1.29, 1.82) is 0 Å². The van der Waals surface area contributed by atoms with Crippen LogP contribution in [0.1, 0.15) is 6.42 Å². The zero-order chi connectivity index (χ0) is 11.5. The minimum atomic E-state index is -4.98. The fourth-order valence-corrected chi connectivity index (χ4v) is 0.761. The molecule has 1 N–H and O–H groups in total. The van der Waals surface area contributed by atoms with Crippen LogP contribution >= 0.6 is 0 Å². The summed E-state index contributed by atoms with van der Waals surface area (Å²) in [6.45, 7) is 0. The molecule has 0 aromatic carbocycles. The molecule has 0 radical (unpaired) electrons. The van der Waals surface area contributed by atoms with E-state index in [1.165, 1.54) is 0 Å². The summed E-state index contributed by atoms with van der Waals surface area (Å²) in [7, 11) is 0. The zero-order valence-electron chi connectivity index (χ0n) is 6.56. The lowest BCUT2D eigenvalue weighted by Crippen LogP contribution is -2.34. The van der Waals surface area contributed by atoms with Crippen LogP contribution < -0.4 is 0 Å². The number of aliphatic carboxylic acids is 1. The Kier molecular flexibility index (Phi) is 4.21. The topological polar surface area (TPSA) is 37.3 Å². The minimum Gasteiger partial charge on any atom is -0.481 e. The van der Waals surface area contributed by atoms with Crippen LogP contribution in [0.15, 0.2) is 0 Å². The van der Waals surface area contributed by atoms with Gasteiger partial charge in [0.2, 0.25) is 0 Å². The molecule has 0 aliphatic rings. The van der Waals surface area contributed by atoms with Crippen LogP contribution in [0.2, 0.25) is 0 Å². The van der Waals surface area contributed by atoms with Gasteiger partial charge in [-0.2, -0.15) is 13.2 Å². The quantitative estimate of drug-likeness (QED) is 0.743. The fourth-order valence-electron chi connectivity index (χ4n) is 0.761. The molecule has 0 aromatic heterocycles. The Bertz CT molecular complexity index is 201. The Morgan fingerprint density at radius 3 is 1.86 bits per heavy atom. The second kappa shape index (κ2) is 4.52. The van der Waals surface area contributed by atoms with Crippen molar-refractivity contribution in [2.45, 2.75) is 25.2 Å². The Balaban J connectivity index is 4.53. The van der Waals surface area contributed by atoms with E-state index >= 15 is 0 Å². The predicted octanol–water partition coefficient (Wildman–Crippen LogP) is 2.24. The SMILES string of the molecule is O=C(O)C(CC(F)(F)F)C(F)C(F)F. The molecule has 2 nitrogen and oxygen atoms in total. The van der Waals surface area contributed by atoms with Gasteiger partial charge in [0.05, 0.1) is 6.42 Å². The van der Waals surface area contributed by atoms with E-state index in [-0.39, 0.29) is 0 Å². The summed E-state index contributed by atoms with van der Waals surface area (Å²) in [6.07, 6.45) is -14.1. The normalized spacial score (nSPS) is 16.8. The van der Waals surface area contributed by atoms with Gasteiger partial charge < -0.3 is 5.11 Å². The van der Waals surface area contributed by atoms with Crippen LogP contribution in [0.5, 0.6) is 0 Å². The van der Waals surface area contributed by atoms with Crippen LogP contribution in [0.3, 0.4) is 0 Å². The monoisotopic (exact) mass is 224 g/mol. The first-order valence-electron chi connectivity index (χ1n) is 3.37. The van der Waals surface area contributed by atoms with Crippen LogP contribution in [-0.4, -0.2) is 29.8 Å². The number of carboxylic acid groups (broad SMARTS) is 1. The lowest BCUT2D eigenvalue weighted by atomic mass is 10.00. The summed E-state index contributed by atoms with van der Waals surface area (Å²) in [4.78, 5) is 10.0. The van der Waals surface area contributed by atoms with Crippen molar-refractivity contribution in [2.24, 2.45) is 5.92 Å². The number of hydrogen-bond donors (Lipinski definition) is 1. The highest BCUT2D eigenvalue weighted by Crippen LogP contribution is 2.30. The smallest absolute Gasteiger partial charge is 0.390 e. The molecule has 2 unspecified atom stereocenters. The van der Waals surface area contributed by atoms with Crippen molar-refractivity contribution in [2.75, 3.05) is 0 Å². The van der Waals surface area contributed by atoms with E-state index in [0.717, 1.165) is 0 Å². The molecule has 2 atom stereocenters. The van der Waals surface area contributed by atoms with Gasteiger partial charge in [-0.05, 0) is 0 Å². The fraction of sp³-hybridized carbons (Fsp3) is 0.833. The maximum atomic E-state index is 12.3. The molecule has 0 aliphatic heterocycles. The third kappa shape index (κ3) is 4.33. The highest BCUT2D eigenvalue weighted by atomic mass is 19.4. The predicted molar refractivity (Wildman–Crippen MR) is 32.7 cm³/mol. The Hall–Kier alpha value is -0.950. The summed E-state index contributed by atoms with van der Waals surface area (Å²) in [5.74, 6) is -4.98. The maximum absolute atomic E-state index is 12.3. The van der Waals surface area contributed by atoms with Gasteiger partial charge in [-0.3, -0.25) is 4.79 Å². The van der Waals surface area contributed by atoms with Crippen LogP contribution in [0, 0.1) is 5.92 Å². The molecule has 0 saturated heterocycles. The standard InChI is InChI=1S/C6H6F6O2/c7-3(4(8)9)2(5(13)14)1-6(10,11)12/h2-4H,1H2,(H,13,14). The van der Waals surface area contributed by atoms with E-state index in [0.29, 0.717) is 0 Å². The van der Waals surface area contributed by atoms with E-state index in [9.17, 15) is 31.1 Å². The first-order valence-corrected chi connectivity index (χ1v) is 3.37. The van der Waals surface area contributed by atoms with Gasteiger partial charge in [0.1, 0.15) is 5.92 Å². The Morgan fingerprint density at radius 1 is 1.21 bits per heavy atom. The molecule has 0 amide bonds. The third-order valence-electron chi connectivity index (χ3n) is 1.39. The summed E-state index contributed by atoms with van der Waals surface area (Å²) < 4.78 is 70.4. The molecule has 0 rings (SSSR count). The molecule has 0 aromatic rings. The van der Waals surface area contributed by atoms with E-state index in [2.05, 4.69) is 0 Å². The molecule has 84 valence electrons. The average molecular weight is 224 g/mol. The second-order valence-electron chi connectivity index (χ2n) is 2.54. The van der Waals surface area contributed by atoms with Crippen molar-refractivity contribution in [3.63, 3.8) is 0 Å². The highest BCUT2D eigenvalue weighted by molar-refractivity contribution is 5.70. The van der Waals surface area contributed by atoms with Crippen LogP contribution in [0.25, 0.3) is 0 Å². The van der Waals surface area contributed by atoms with E-state index in [1.54, 1.807) is 0 Å². The number of hydrogen-bond acceptors (Lipinski definition) is 1. The van der Waals surface area contributed by atoms with Gasteiger partial charge in [-0.1, -0.05) is 0 Å². The Labute approximate surface area is 74.5 Å². The first-order chi connectivity index (χ1) is 6.15. The molecule has 14 heavy (non-hydrogen) atoms. The van der Waals surface area contributed by atoms with Crippen LogP contribution in [-0.2, 0) is 4.79 Å². The summed E-state index contributed by atoms with van der Waals surface area (Å²) >= 11 is 0. The van der Waals surface area contributed by atoms with Crippen molar-refractivity contribution >= 4 is 5.97 Å². The van der Waals surface area contributed by atoms with Gasteiger partial charge in [0.15, 0.2) is 6.17 Å². The summed E-state index contributed by atoms with van der Waals surface area (Å²) in [5, 5.41) is 8.08. The molecular weight excluding hydrogens is 218 g/mol. The molecule has 0 spiro atoms. The largest absolute Gasteiger partial charge is 0.481 e. The average Bonchev–Trinajstić information content (AvgIpc) is 1.96. The van der Waals surface area contributed by atoms with Gasteiger partial charge >= 0.3 is 12.1 Å². The molecular formula is C6H6F6O2. The maximum Gasteiger partial charge on any atom is 0.390 e. The number of carbonyl (C=O) groups is 1. The molecule has 0 saturated carbocycles. The molecule has 0 fully saturated rings. The number of halogens is 6. The second-order valence-corrected chi connectivity index (χ2v) is 2.54. The zero-order valence-corrected chi connectivity index (χ0v) is 6.56. The van der Waals surface area contributed by atoms with Gasteiger partial charge in [0, 0.05) is 0 Å². The highest BCUT2D eigenvalue weighted by Gasteiger charge is 2.43. The lowest BCUT2D eigenvalue weighted by molar-refractivity contribution is -0.173. The molecule has 0 heterocycles. The van der Waals surface area contributed by atoms with Gasteiger partial charge in [-0.25, -0.2) is 13.2 Å². The number of carboxylic acids is 1. The van der Waals surface area contributed by atoms with E-state index < -0.39 is 37.1 Å². The molecule has 0 bridgehead atoms. The number of rotatable bonds is 4. The van der Waals surface area contributed by atoms with Crippen molar-refractivity contribution in [3.05, 3.63) is 0 Å². The van der Waals surface area contributed by atoms with Crippen molar-refractivity contribution < 1.29 is 36.2 Å². The first kappa shape index (κ1) is 13.0. The van der Waals surface area contributed by atoms with Gasteiger partial charge in [-0.15, -0.1) is 0 Å². The van der Waals surface area contributed by atoms with E-state index in [4.69, 9.17) is 5.11 Å². The third-order valence-corrected chi connectivity index (χ3v) is 1.39. The van der Waals surface area contributed by atoms with E-state index in [1.807, 2.05) is 0 Å². The Morgan fingerprint density at radius 2 is 1.64 bits per heavy atom.